The van der Waals surface area contributed by atoms with Gasteiger partial charge in [0.25, 0.3) is 5.91 Å². The molecule has 2 aromatic carbocycles. The Labute approximate surface area is 204 Å². The number of carbonyl (C=O) groups is 2. The van der Waals surface area contributed by atoms with Crippen molar-refractivity contribution < 1.29 is 31.9 Å². The minimum Gasteiger partial charge on any atom is -0.444 e. The molecule has 9 nitrogen and oxygen atoms in total. The van der Waals surface area contributed by atoms with Gasteiger partial charge in [0.1, 0.15) is 5.75 Å². The van der Waals surface area contributed by atoms with Gasteiger partial charge in [-0.2, -0.15) is 4.31 Å². The van der Waals surface area contributed by atoms with Gasteiger partial charge in [-0.25, -0.2) is 13.2 Å². The molecule has 0 spiro atoms. The van der Waals surface area contributed by atoms with Crippen LogP contribution in [0.4, 0.5) is 5.69 Å². The highest BCUT2D eigenvalue weighted by atomic mass is 79.9. The fourth-order valence-corrected chi connectivity index (χ4v) is 5.33. The summed E-state index contributed by atoms with van der Waals surface area (Å²) in [5.74, 6) is -0.896. The van der Waals surface area contributed by atoms with Gasteiger partial charge in [-0.1, -0.05) is 12.1 Å². The molecule has 34 heavy (non-hydrogen) atoms. The predicted octanol–water partition coefficient (Wildman–Crippen LogP) is 3.84. The number of sulfonamides is 1. The molecular formula is C23H21BrN2O7S. The van der Waals surface area contributed by atoms with Crippen LogP contribution in [0.25, 0.3) is 0 Å². The molecule has 1 amide bonds. The van der Waals surface area contributed by atoms with Crippen LogP contribution >= 0.6 is 15.9 Å². The van der Waals surface area contributed by atoms with Crippen molar-refractivity contribution in [2.45, 2.75) is 11.8 Å². The Kier molecular flexibility index (Phi) is 7.17. The lowest BCUT2D eigenvalue weighted by Gasteiger charge is -2.26. The lowest BCUT2D eigenvalue weighted by Crippen LogP contribution is -2.40. The fraction of sp³-hybridized carbons (Fsp3) is 0.217. The molecule has 0 bridgehead atoms. The third-order valence-electron chi connectivity index (χ3n) is 5.11. The summed E-state index contributed by atoms with van der Waals surface area (Å²) in [6.07, 6.45) is 0. The van der Waals surface area contributed by atoms with Crippen molar-refractivity contribution in [2.75, 3.05) is 31.6 Å². The maximum Gasteiger partial charge on any atom is 0.343 e. The van der Waals surface area contributed by atoms with Crippen molar-refractivity contribution in [2.24, 2.45) is 0 Å². The molecule has 1 fully saturated rings. The molecule has 1 aromatic heterocycles. The molecule has 4 rings (SSSR count). The van der Waals surface area contributed by atoms with Crippen molar-refractivity contribution in [3.8, 4) is 5.75 Å². The monoisotopic (exact) mass is 548 g/mol. The molecule has 1 aliphatic rings. The largest absolute Gasteiger partial charge is 0.444 e. The molecule has 11 heteroatoms. The second kappa shape index (κ2) is 10.1. The summed E-state index contributed by atoms with van der Waals surface area (Å²) < 4.78 is 43.8. The summed E-state index contributed by atoms with van der Waals surface area (Å²) in [7, 11) is -3.78. The predicted molar refractivity (Wildman–Crippen MR) is 127 cm³/mol. The van der Waals surface area contributed by atoms with Crippen molar-refractivity contribution in [1.29, 1.82) is 0 Å². The zero-order valence-corrected chi connectivity index (χ0v) is 20.5. The molecule has 1 saturated heterocycles. The average Bonchev–Trinajstić information content (AvgIpc) is 3.26. The van der Waals surface area contributed by atoms with E-state index in [0.717, 1.165) is 0 Å². The number of morpholine rings is 1. The number of carbonyl (C=O) groups excluding carboxylic acids is 2. The first-order chi connectivity index (χ1) is 16.2. The number of nitrogens with one attached hydrogen (secondary N) is 1. The minimum atomic E-state index is -3.78. The number of rotatable bonds is 6. The van der Waals surface area contributed by atoms with E-state index in [1.807, 2.05) is 0 Å². The first-order valence-electron chi connectivity index (χ1n) is 10.3. The Balaban J connectivity index is 1.50. The van der Waals surface area contributed by atoms with Crippen LogP contribution in [0.15, 0.2) is 68.6 Å². The molecule has 0 unspecified atom stereocenters. The topological polar surface area (TPSA) is 115 Å². The fourth-order valence-electron chi connectivity index (χ4n) is 3.36. The second-order valence-electron chi connectivity index (χ2n) is 7.47. The van der Waals surface area contributed by atoms with E-state index in [-0.39, 0.29) is 35.1 Å². The quantitative estimate of drug-likeness (QED) is 0.367. The number of ether oxygens (including phenoxy) is 2. The van der Waals surface area contributed by atoms with E-state index < -0.39 is 21.9 Å². The lowest BCUT2D eigenvalue weighted by molar-refractivity contribution is 0.0727. The maximum absolute atomic E-state index is 13.1. The lowest BCUT2D eigenvalue weighted by atomic mass is 10.1. The summed E-state index contributed by atoms with van der Waals surface area (Å²) in [6.45, 7) is 2.83. The Morgan fingerprint density at radius 1 is 1.06 bits per heavy atom. The molecule has 1 N–H and O–H groups in total. The van der Waals surface area contributed by atoms with Gasteiger partial charge in [0.15, 0.2) is 10.4 Å². The van der Waals surface area contributed by atoms with Gasteiger partial charge in [0.2, 0.25) is 10.0 Å². The molecule has 2 heterocycles. The smallest absolute Gasteiger partial charge is 0.343 e. The van der Waals surface area contributed by atoms with Crippen molar-refractivity contribution in [1.82, 2.24) is 4.31 Å². The van der Waals surface area contributed by atoms with E-state index in [0.29, 0.717) is 29.1 Å². The highest BCUT2D eigenvalue weighted by molar-refractivity contribution is 9.10. The van der Waals surface area contributed by atoms with E-state index in [1.165, 1.54) is 28.6 Å². The molecule has 3 aromatic rings. The van der Waals surface area contributed by atoms with Crippen LogP contribution in [0.2, 0.25) is 0 Å². The number of aryl methyl sites for hydroxylation is 1. The van der Waals surface area contributed by atoms with E-state index in [4.69, 9.17) is 13.9 Å². The first kappa shape index (κ1) is 24.1. The standard InChI is InChI=1S/C23H21BrN2O7S/c1-15-5-6-16(13-20(15)34(29,30)26-9-11-31-12-10-26)23(28)32-18-4-2-3-17(14-18)25-22(27)19-7-8-21(24)33-19/h2-8,13-14H,9-12H2,1H3,(H,25,27). The maximum atomic E-state index is 13.1. The molecule has 0 saturated carbocycles. The van der Waals surface area contributed by atoms with Gasteiger partial charge in [0.05, 0.1) is 23.7 Å². The normalized spacial score (nSPS) is 14.5. The Bertz CT molecular complexity index is 1330. The molecule has 1 aliphatic heterocycles. The number of anilines is 1. The summed E-state index contributed by atoms with van der Waals surface area (Å²) in [5, 5.41) is 2.66. The molecule has 178 valence electrons. The number of halogens is 1. The van der Waals surface area contributed by atoms with Gasteiger partial charge in [-0.05, 0) is 64.8 Å². The highest BCUT2D eigenvalue weighted by Crippen LogP contribution is 2.24. The Morgan fingerprint density at radius 2 is 1.82 bits per heavy atom. The minimum absolute atomic E-state index is 0.0504. The molecular weight excluding hydrogens is 528 g/mol. The third-order valence-corrected chi connectivity index (χ3v) is 7.58. The van der Waals surface area contributed by atoms with Gasteiger partial charge in [0, 0.05) is 24.8 Å². The van der Waals surface area contributed by atoms with Gasteiger partial charge in [-0.15, -0.1) is 0 Å². The van der Waals surface area contributed by atoms with Crippen LogP contribution in [0.1, 0.15) is 26.5 Å². The van der Waals surface area contributed by atoms with E-state index >= 15 is 0 Å². The first-order valence-corrected chi connectivity index (χ1v) is 12.5. The second-order valence-corrected chi connectivity index (χ2v) is 10.2. The van der Waals surface area contributed by atoms with Gasteiger partial charge in [-0.3, -0.25) is 4.79 Å². The summed E-state index contributed by atoms with van der Waals surface area (Å²) in [6, 6.07) is 13.8. The van der Waals surface area contributed by atoms with E-state index in [9.17, 15) is 18.0 Å². The van der Waals surface area contributed by atoms with E-state index in [1.54, 1.807) is 37.3 Å². The molecule has 0 aliphatic carbocycles. The van der Waals surface area contributed by atoms with Crippen LogP contribution in [0, 0.1) is 6.92 Å². The number of nitrogens with zero attached hydrogens (tertiary/aromatic N) is 1. The third kappa shape index (κ3) is 5.39. The number of hydrogen-bond donors (Lipinski definition) is 1. The van der Waals surface area contributed by atoms with Gasteiger partial charge < -0.3 is 19.2 Å². The Morgan fingerprint density at radius 3 is 2.53 bits per heavy atom. The zero-order valence-electron chi connectivity index (χ0n) is 18.1. The summed E-state index contributed by atoms with van der Waals surface area (Å²) in [4.78, 5) is 25.1. The number of benzene rings is 2. The van der Waals surface area contributed by atoms with E-state index in [2.05, 4.69) is 21.2 Å². The molecule has 0 atom stereocenters. The van der Waals surface area contributed by atoms with Crippen molar-refractivity contribution in [3.63, 3.8) is 0 Å². The van der Waals surface area contributed by atoms with Crippen LogP contribution < -0.4 is 10.1 Å². The number of hydrogen-bond acceptors (Lipinski definition) is 7. The number of furan rings is 1. The van der Waals surface area contributed by atoms with Crippen LogP contribution in [-0.4, -0.2) is 50.9 Å². The summed E-state index contributed by atoms with van der Waals surface area (Å²) >= 11 is 3.14. The zero-order chi connectivity index (χ0) is 24.3. The van der Waals surface area contributed by atoms with Crippen LogP contribution in [0.3, 0.4) is 0 Å². The van der Waals surface area contributed by atoms with Crippen LogP contribution in [-0.2, 0) is 14.8 Å². The van der Waals surface area contributed by atoms with Crippen LogP contribution in [0.5, 0.6) is 5.75 Å². The van der Waals surface area contributed by atoms with Gasteiger partial charge >= 0.3 is 5.97 Å². The van der Waals surface area contributed by atoms with Crippen molar-refractivity contribution >= 4 is 43.5 Å². The average molecular weight is 549 g/mol. The Hall–Kier alpha value is -2.99. The highest BCUT2D eigenvalue weighted by Gasteiger charge is 2.28. The summed E-state index contributed by atoms with van der Waals surface area (Å²) in [5.41, 5.74) is 1.01. The number of amides is 1. The SMILES string of the molecule is Cc1ccc(C(=O)Oc2cccc(NC(=O)c3ccc(Br)o3)c2)cc1S(=O)(=O)N1CCOCC1. The van der Waals surface area contributed by atoms with Crippen molar-refractivity contribution in [3.05, 3.63) is 76.2 Å². The number of esters is 1. The molecule has 0 radical (unpaired) electrons.